The summed E-state index contributed by atoms with van der Waals surface area (Å²) >= 11 is 0. The molecule has 7 nitrogen and oxygen atoms in total. The fourth-order valence-corrected chi connectivity index (χ4v) is 5.59. The van der Waals surface area contributed by atoms with Gasteiger partial charge in [-0.2, -0.15) is 13.9 Å². The van der Waals surface area contributed by atoms with E-state index in [9.17, 15) is 13.6 Å². The summed E-state index contributed by atoms with van der Waals surface area (Å²) in [5.74, 6) is 0.0960. The molecule has 1 spiro atoms. The molecule has 0 aliphatic carbocycles. The molecule has 2 aliphatic heterocycles. The van der Waals surface area contributed by atoms with Crippen molar-refractivity contribution >= 4 is 16.9 Å². The van der Waals surface area contributed by atoms with Crippen LogP contribution in [0.2, 0.25) is 0 Å². The molecule has 1 fully saturated rings. The maximum absolute atomic E-state index is 13.1. The Labute approximate surface area is 213 Å². The number of urea groups is 1. The second kappa shape index (κ2) is 9.14. The largest absolute Gasteiger partial charge is 0.435 e. The number of ether oxygens (including phenoxy) is 1. The van der Waals surface area contributed by atoms with Crippen LogP contribution in [0.15, 0.2) is 66.9 Å². The molecular formula is C28H27F2N5O2. The summed E-state index contributed by atoms with van der Waals surface area (Å²) in [7, 11) is 0. The van der Waals surface area contributed by atoms with Gasteiger partial charge in [-0.15, -0.1) is 0 Å². The Kier molecular flexibility index (Phi) is 5.78. The van der Waals surface area contributed by atoms with Crippen molar-refractivity contribution in [2.24, 2.45) is 0 Å². The van der Waals surface area contributed by atoms with Crippen LogP contribution in [0.1, 0.15) is 37.1 Å². The lowest BCUT2D eigenvalue weighted by Gasteiger charge is -2.25. The van der Waals surface area contributed by atoms with Gasteiger partial charge < -0.3 is 15.0 Å². The van der Waals surface area contributed by atoms with E-state index < -0.39 is 6.61 Å². The molecule has 1 N–H and O–H groups in total. The van der Waals surface area contributed by atoms with Gasteiger partial charge in [-0.05, 0) is 55.7 Å². The van der Waals surface area contributed by atoms with Crippen molar-refractivity contribution in [2.45, 2.75) is 44.4 Å². The summed E-state index contributed by atoms with van der Waals surface area (Å²) in [4.78, 5) is 19.4. The van der Waals surface area contributed by atoms with Crippen molar-refractivity contribution in [3.63, 3.8) is 0 Å². The smallest absolute Gasteiger partial charge is 0.387 e. The molecule has 2 aliphatic rings. The van der Waals surface area contributed by atoms with Gasteiger partial charge in [0, 0.05) is 47.9 Å². The Hall–Kier alpha value is -4.01. The third-order valence-electron chi connectivity index (χ3n) is 7.58. The molecule has 0 radical (unpaired) electrons. The second-order valence-electron chi connectivity index (χ2n) is 9.88. The molecule has 2 aromatic carbocycles. The maximum atomic E-state index is 13.1. The van der Waals surface area contributed by atoms with Crippen LogP contribution in [-0.4, -0.2) is 45.4 Å². The molecule has 1 saturated heterocycles. The monoisotopic (exact) mass is 503 g/mol. The first-order chi connectivity index (χ1) is 17.9. The van der Waals surface area contributed by atoms with Gasteiger partial charge in [0.05, 0.1) is 17.3 Å². The quantitative estimate of drug-likeness (QED) is 0.389. The second-order valence-corrected chi connectivity index (χ2v) is 9.88. The first kappa shape index (κ1) is 23.4. The minimum Gasteiger partial charge on any atom is -0.435 e. The summed E-state index contributed by atoms with van der Waals surface area (Å²) in [6.07, 6.45) is 3.58. The SMILES string of the molecule is CC(NC(=O)N1CCC2(CCn3nc(-c4cnc5ccc(OC(F)F)cc5c4)cc32)C1)c1ccccc1. The van der Waals surface area contributed by atoms with Gasteiger partial charge in [-0.1, -0.05) is 30.3 Å². The van der Waals surface area contributed by atoms with E-state index in [2.05, 4.69) is 21.1 Å². The number of fused-ring (bicyclic) bond motifs is 3. The molecule has 0 bridgehead atoms. The highest BCUT2D eigenvalue weighted by molar-refractivity contribution is 5.84. The summed E-state index contributed by atoms with van der Waals surface area (Å²) in [6.45, 7) is 1.25. The van der Waals surface area contributed by atoms with Gasteiger partial charge in [0.15, 0.2) is 0 Å². The Morgan fingerprint density at radius 2 is 1.89 bits per heavy atom. The number of rotatable bonds is 5. The lowest BCUT2D eigenvalue weighted by molar-refractivity contribution is -0.0497. The van der Waals surface area contributed by atoms with Crippen LogP contribution in [0.25, 0.3) is 22.2 Å². The number of aromatic nitrogens is 3. The topological polar surface area (TPSA) is 72.3 Å². The fourth-order valence-electron chi connectivity index (χ4n) is 5.59. The Morgan fingerprint density at radius 3 is 2.70 bits per heavy atom. The van der Waals surface area contributed by atoms with Crippen LogP contribution in [0.5, 0.6) is 5.75 Å². The predicted molar refractivity (Wildman–Crippen MR) is 135 cm³/mol. The summed E-state index contributed by atoms with van der Waals surface area (Å²) in [5.41, 5.74) is 4.36. The van der Waals surface area contributed by atoms with E-state index in [1.54, 1.807) is 18.3 Å². The number of nitrogens with zero attached hydrogens (tertiary/aromatic N) is 4. The standard InChI is InChI=1S/C28H27F2N5O2/c1-18(19-5-3-2-4-6-19)32-27(36)34-11-9-28(17-34)10-12-35-25(28)15-24(33-35)21-13-20-14-22(37-26(29)30)7-8-23(20)31-16-21/h2-8,13-16,18,26H,9-12,17H2,1H3,(H,32,36). The number of carbonyl (C=O) groups excluding carboxylic acids is 1. The van der Waals surface area contributed by atoms with Gasteiger partial charge in [0.25, 0.3) is 0 Å². The van der Waals surface area contributed by atoms with Crippen molar-refractivity contribution in [1.29, 1.82) is 0 Å². The number of carbonyl (C=O) groups is 1. The molecule has 2 aromatic heterocycles. The van der Waals surface area contributed by atoms with Gasteiger partial charge in [-0.3, -0.25) is 9.67 Å². The van der Waals surface area contributed by atoms with E-state index in [0.717, 1.165) is 41.9 Å². The summed E-state index contributed by atoms with van der Waals surface area (Å²) < 4.78 is 31.9. The van der Waals surface area contributed by atoms with E-state index in [1.165, 1.54) is 6.07 Å². The minimum atomic E-state index is -2.88. The number of likely N-dealkylation sites (tertiary alicyclic amines) is 1. The molecule has 2 atom stereocenters. The van der Waals surface area contributed by atoms with Crippen molar-refractivity contribution in [1.82, 2.24) is 25.0 Å². The van der Waals surface area contributed by atoms with Crippen molar-refractivity contribution in [3.05, 3.63) is 78.1 Å². The maximum Gasteiger partial charge on any atom is 0.387 e. The van der Waals surface area contributed by atoms with Gasteiger partial charge in [-0.25, -0.2) is 4.79 Å². The highest BCUT2D eigenvalue weighted by atomic mass is 19.3. The molecule has 4 heterocycles. The van der Waals surface area contributed by atoms with Gasteiger partial charge in [0.2, 0.25) is 0 Å². The minimum absolute atomic E-state index is 0.0491. The first-order valence-electron chi connectivity index (χ1n) is 12.4. The summed E-state index contributed by atoms with van der Waals surface area (Å²) in [6, 6.07) is 18.5. The lowest BCUT2D eigenvalue weighted by atomic mass is 9.82. The lowest BCUT2D eigenvalue weighted by Crippen LogP contribution is -2.41. The molecule has 4 aromatic rings. The van der Waals surface area contributed by atoms with E-state index in [4.69, 9.17) is 5.10 Å². The van der Waals surface area contributed by atoms with Crippen LogP contribution in [-0.2, 0) is 12.0 Å². The Balaban J connectivity index is 1.21. The number of alkyl halides is 2. The molecule has 190 valence electrons. The number of hydrogen-bond acceptors (Lipinski definition) is 4. The predicted octanol–water partition coefficient (Wildman–Crippen LogP) is 5.52. The fraction of sp³-hybridized carbons (Fsp3) is 0.321. The highest BCUT2D eigenvalue weighted by Crippen LogP contribution is 2.44. The average Bonchev–Trinajstić information content (AvgIpc) is 3.60. The van der Waals surface area contributed by atoms with E-state index in [1.807, 2.05) is 52.9 Å². The van der Waals surface area contributed by atoms with Crippen LogP contribution in [0.4, 0.5) is 13.6 Å². The molecule has 2 unspecified atom stereocenters. The molecule has 0 saturated carbocycles. The zero-order valence-corrected chi connectivity index (χ0v) is 20.4. The summed E-state index contributed by atoms with van der Waals surface area (Å²) in [5, 5.41) is 8.66. The van der Waals surface area contributed by atoms with Gasteiger partial charge >= 0.3 is 12.6 Å². The van der Waals surface area contributed by atoms with Crippen molar-refractivity contribution in [2.75, 3.05) is 13.1 Å². The Morgan fingerprint density at radius 1 is 1.08 bits per heavy atom. The van der Waals surface area contributed by atoms with Gasteiger partial charge in [0.1, 0.15) is 5.75 Å². The van der Waals surface area contributed by atoms with Crippen LogP contribution in [0.3, 0.4) is 0 Å². The average molecular weight is 504 g/mol. The van der Waals surface area contributed by atoms with Crippen molar-refractivity contribution < 1.29 is 18.3 Å². The third kappa shape index (κ3) is 4.39. The third-order valence-corrected chi connectivity index (χ3v) is 7.58. The normalized spacial score (nSPS) is 19.5. The molecule has 6 rings (SSSR count). The number of hydrogen-bond donors (Lipinski definition) is 1. The number of amides is 2. The number of halogens is 2. The number of aryl methyl sites for hydroxylation is 1. The molecular weight excluding hydrogens is 476 g/mol. The highest BCUT2D eigenvalue weighted by Gasteiger charge is 2.47. The van der Waals surface area contributed by atoms with E-state index in [-0.39, 0.29) is 23.2 Å². The van der Waals surface area contributed by atoms with E-state index in [0.29, 0.717) is 24.0 Å². The van der Waals surface area contributed by atoms with Crippen LogP contribution in [0, 0.1) is 0 Å². The Bertz CT molecular complexity index is 1460. The number of benzene rings is 2. The molecule has 9 heteroatoms. The number of pyridine rings is 1. The van der Waals surface area contributed by atoms with Crippen LogP contribution < -0.4 is 10.1 Å². The zero-order chi connectivity index (χ0) is 25.6. The van der Waals surface area contributed by atoms with Crippen LogP contribution >= 0.6 is 0 Å². The van der Waals surface area contributed by atoms with Crippen molar-refractivity contribution in [3.8, 4) is 17.0 Å². The molecule has 2 amide bonds. The first-order valence-corrected chi connectivity index (χ1v) is 12.4. The zero-order valence-electron chi connectivity index (χ0n) is 20.4. The van der Waals surface area contributed by atoms with E-state index >= 15 is 0 Å². The number of nitrogens with one attached hydrogen (secondary N) is 1. The molecule has 37 heavy (non-hydrogen) atoms.